The van der Waals surface area contributed by atoms with Crippen LogP contribution in [0.2, 0.25) is 0 Å². The van der Waals surface area contributed by atoms with Gasteiger partial charge in [-0.15, -0.1) is 0 Å². The van der Waals surface area contributed by atoms with Gasteiger partial charge in [-0.25, -0.2) is 4.57 Å². The first kappa shape index (κ1) is 8.17. The number of ether oxygens (including phenoxy) is 2. The first-order chi connectivity index (χ1) is 56.2. The number of phosphoric acid groups is 1. The Balaban J connectivity index is 9.00. The smallest absolute Gasteiger partial charge is 0.462 e. The topological polar surface area (TPSA) is 108 Å². The molecule has 0 heterocycles. The van der Waals surface area contributed by atoms with E-state index in [0.29, 0.717) is 0 Å². The van der Waals surface area contributed by atoms with Crippen LogP contribution in [0.15, 0.2) is 24.2 Å². The molecule has 0 radical (unpaired) electrons. The normalized spacial score (nSPS) is 45.3. The Labute approximate surface area is 443 Å². The fourth-order valence-electron chi connectivity index (χ4n) is 1.83. The molecule has 0 amide bonds. The maximum atomic E-state index is 14.2. The van der Waals surface area contributed by atoms with E-state index in [0.717, 1.165) is 0 Å². The SMILES string of the molecule is [2H]/C(=C(\[2H])C([2H])([2H])C([2H])([2H])C([2H])([2H])C([2H])([2H])C([2H])([2H])C([2H])([2H])C([2H])([2H])C([2H])([2H])[2H])C([2H])([2H])C([2H])([2H])C([2H])([2H])C([2H])([2H])C([2H])([2H])C([2H])([2H])C([2H])([2H])C(=O)OC[C@H](COP(=O)(O)OC([2H])([2H])C([2H])([2H])[N+](C([2H])([2H])[2H])(C([2H])([2H])[2H])C([2H])([2H])[2H])OC(=O)C([2H])([2H])C([2H])([2H])C([2H])([2H])C([2H])([2H])C([2H])([2H])C([2H])([2H])C([2H])([2H])/C([2H])=C(/[2H])C([2H])([2H])C([2H])([2H])C([2H])([2H])C([2H])([2H])C([2H])([2H])C([2H])([2H])C([2H])([2H])C([2H])([2H])[2H]. The lowest BCUT2D eigenvalue weighted by Crippen LogP contribution is -2.37. The predicted octanol–water partition coefficient (Wildman–Crippen LogP) is 12.4. The zero-order valence-electron chi connectivity index (χ0n) is 106. The molecular weight excluding hydrogens is 701 g/mol. The average Bonchev–Trinajstić information content (AvgIpc) is 0.685. The Morgan fingerprint density at radius 2 is 1.06 bits per heavy atom. The third kappa shape index (κ3) is 40.2. The predicted molar refractivity (Wildman–Crippen MR) is 224 cm³/mol. The molecule has 0 saturated heterocycles. The maximum absolute atomic E-state index is 14.2. The molecule has 0 spiro atoms. The molecule has 0 fully saturated rings. The van der Waals surface area contributed by atoms with E-state index in [1.165, 1.54) is 0 Å². The van der Waals surface area contributed by atoms with Crippen LogP contribution < -0.4 is 0 Å². The van der Waals surface area contributed by atoms with Crippen molar-refractivity contribution in [3.63, 3.8) is 0 Å². The molecule has 2 atom stereocenters. The van der Waals surface area contributed by atoms with Crippen molar-refractivity contribution in [2.75, 3.05) is 47.2 Å². The van der Waals surface area contributed by atoms with Gasteiger partial charge in [0.1, 0.15) is 19.7 Å². The van der Waals surface area contributed by atoms with Crippen molar-refractivity contribution in [2.24, 2.45) is 0 Å². The van der Waals surface area contributed by atoms with Crippen molar-refractivity contribution in [3.8, 4) is 0 Å². The summed E-state index contributed by atoms with van der Waals surface area (Å²) in [4.78, 5) is 39.0. The van der Waals surface area contributed by atoms with Gasteiger partial charge < -0.3 is 18.9 Å². The molecule has 0 saturated carbocycles. The molecule has 0 aliphatic carbocycles. The van der Waals surface area contributed by atoms with Crippen LogP contribution >= 0.6 is 7.82 Å². The standard InChI is InChI=1S/C44H84NO8P/c1-6-8-10-12-14-16-18-20-22-24-26-28-30-32-34-36-43(46)50-40-42(41-52-54(48,49)51-39-38-45(3,4)5)53-44(47)37-35-33-31-29-27-25-23-21-19-17-15-13-11-9-7-2/h20-23,42H,6-19,24-41H2,1-5H3/p+1/b22-20-,23-21-/t42-/m1/s1/i1D3,2D3,3D3,4D3,5D3,6D2,7D2,8D2,9D2,10D2,11D2,12D2,13D2,14D2,15D2,16D2,17D2,18D2,19D2,20D,21D,22D,23D,24D2,25D2,26D2,27D2,28D2,29D2,30D2,31D2,32D2,33D2,34D2,35D2,36D2,37D2,38D2,39D2. The van der Waals surface area contributed by atoms with Gasteiger partial charge in [-0.3, -0.25) is 18.6 Å². The van der Waals surface area contributed by atoms with E-state index in [4.69, 9.17) is 108 Å². The van der Waals surface area contributed by atoms with Crippen LogP contribution in [-0.2, 0) is 32.7 Å². The summed E-state index contributed by atoms with van der Waals surface area (Å²) >= 11 is 0. The number of allylic oxidation sites excluding steroid dienone is 4. The lowest BCUT2D eigenvalue weighted by molar-refractivity contribution is -0.870. The lowest BCUT2D eigenvalue weighted by atomic mass is 10.1. The summed E-state index contributed by atoms with van der Waals surface area (Å²) in [5.41, 5.74) is 0. The zero-order valence-corrected chi connectivity index (χ0v) is 27.6. The fraction of sp³-hybridized carbons (Fsp3) is 0.864. The maximum Gasteiger partial charge on any atom is 0.472 e. The minimum Gasteiger partial charge on any atom is -0.462 e. The quantitative estimate of drug-likeness (QED) is 0.0281. The van der Waals surface area contributed by atoms with Crippen molar-refractivity contribution in [3.05, 3.63) is 24.2 Å². The van der Waals surface area contributed by atoms with E-state index in [1.807, 2.05) is 0 Å². The summed E-state index contributed by atoms with van der Waals surface area (Å²) in [5, 5.41) is 0. The average molecular weight is 867 g/mol. The van der Waals surface area contributed by atoms with Crippen LogP contribution in [0.4, 0.5) is 0 Å². The number of carbonyl (C=O) groups excluding carboxylic acids is 2. The molecule has 0 rings (SSSR count). The largest absolute Gasteiger partial charge is 0.472 e. The first-order valence-corrected chi connectivity index (χ1v) is 14.5. The molecule has 0 aliphatic rings. The van der Waals surface area contributed by atoms with Gasteiger partial charge in [-0.2, -0.15) is 0 Å². The third-order valence-corrected chi connectivity index (χ3v) is 4.35. The highest BCUT2D eigenvalue weighted by Crippen LogP contribution is 2.43. The van der Waals surface area contributed by atoms with E-state index in [-0.39, 0.29) is 0 Å². The molecule has 0 aromatic carbocycles. The number of hydrogen-bond donors (Lipinski definition) is 1. The highest BCUT2D eigenvalue weighted by Gasteiger charge is 2.27. The Morgan fingerprint density at radius 3 is 1.52 bits per heavy atom. The Morgan fingerprint density at radius 1 is 0.630 bits per heavy atom. The van der Waals surface area contributed by atoms with Gasteiger partial charge in [-0.1, -0.05) is 140 Å². The van der Waals surface area contributed by atoms with Gasteiger partial charge >= 0.3 is 19.8 Å². The van der Waals surface area contributed by atoms with E-state index in [1.54, 1.807) is 0 Å². The molecule has 0 aliphatic heterocycles. The molecule has 1 N–H and O–H groups in total. The number of nitrogens with zero attached hydrogens (tertiary/aromatic N) is 1. The van der Waals surface area contributed by atoms with Crippen LogP contribution in [0.3, 0.4) is 0 Å². The highest BCUT2D eigenvalue weighted by molar-refractivity contribution is 7.47. The molecule has 0 bridgehead atoms. The molecule has 54 heavy (non-hydrogen) atoms. The molecule has 9 nitrogen and oxygen atoms in total. The number of likely N-dealkylation sites (N-methyl/N-ethyl adjacent to an activating group) is 1. The van der Waals surface area contributed by atoms with E-state index in [9.17, 15) is 19.0 Å². The van der Waals surface area contributed by atoms with Gasteiger partial charge in [0.25, 0.3) is 0 Å². The van der Waals surface area contributed by atoms with Crippen molar-refractivity contribution in [2.45, 2.75) is 198 Å². The van der Waals surface area contributed by atoms with Crippen LogP contribution in [0.25, 0.3) is 0 Å². The van der Waals surface area contributed by atoms with Crippen LogP contribution in [0.1, 0.15) is 300 Å². The van der Waals surface area contributed by atoms with Gasteiger partial charge in [0.15, 0.2) is 6.10 Å². The number of hydrogen-bond acceptors (Lipinski definition) is 7. The molecule has 318 valence electrons. The summed E-state index contributed by atoms with van der Waals surface area (Å²) in [5.74, 6) is -6.73. The van der Waals surface area contributed by atoms with Gasteiger partial charge in [0.2, 0.25) is 0 Å². The van der Waals surface area contributed by atoms with Crippen molar-refractivity contribution >= 4 is 19.8 Å². The van der Waals surface area contributed by atoms with Crippen LogP contribution in [0, 0.1) is 0 Å². The molecule has 1 unspecified atom stereocenters. The monoisotopic (exact) mass is 866 g/mol. The Bertz CT molecular complexity index is 4280. The number of quaternary nitrogens is 1. The molecule has 10 heteroatoms. The van der Waals surface area contributed by atoms with Crippen LogP contribution in [-0.4, -0.2) is 74.6 Å². The Hall–Kier alpha value is -1.51. The second-order valence-electron chi connectivity index (χ2n) is 7.37. The van der Waals surface area contributed by atoms with E-state index < -0.39 is 294 Å². The summed E-state index contributed by atoms with van der Waals surface area (Å²) < 4.78 is 673. The number of phosphoric ester groups is 1. The second-order valence-corrected chi connectivity index (χ2v) is 8.74. The molecule has 0 aromatic rings. The minimum absolute atomic E-state index is 2.67. The number of rotatable bonds is 40. The highest BCUT2D eigenvalue weighted by atomic mass is 31.2. The Kier molecular flexibility index (Phi) is 5.61. The molecular formula is C44H85NO8P+. The van der Waals surface area contributed by atoms with E-state index >= 15 is 0 Å². The summed E-state index contributed by atoms with van der Waals surface area (Å²) in [6, 6.07) is -11.6. The minimum atomic E-state index is -7.22. The van der Waals surface area contributed by atoms with E-state index in [2.05, 4.69) is 18.5 Å². The zero-order chi connectivity index (χ0) is 110. The lowest BCUT2D eigenvalue weighted by Gasteiger charge is -2.24. The summed E-state index contributed by atoms with van der Waals surface area (Å²) in [6.07, 6.45) is -151. The number of carbonyl (C=O) groups is 2. The summed E-state index contributed by atoms with van der Waals surface area (Å²) in [6.45, 7) is -39.3. The molecule has 0 aromatic heterocycles. The fourth-order valence-corrected chi connectivity index (χ4v) is 2.39. The second kappa shape index (κ2) is 37.1. The van der Waals surface area contributed by atoms with Crippen LogP contribution in [0.5, 0.6) is 0 Å². The third-order valence-electron chi connectivity index (χ3n) is 3.55. The first-order valence-electron chi connectivity index (χ1n) is 52.5. The van der Waals surface area contributed by atoms with Gasteiger partial charge in [0.05, 0.1) is 50.8 Å². The van der Waals surface area contributed by atoms with Gasteiger partial charge in [0, 0.05) is 97.7 Å². The van der Waals surface area contributed by atoms with Crippen molar-refractivity contribution in [1.82, 2.24) is 0 Å². The van der Waals surface area contributed by atoms with Crippen molar-refractivity contribution < 1.29 is 150 Å². The van der Waals surface area contributed by atoms with Crippen molar-refractivity contribution in [1.29, 1.82) is 0 Å². The van der Waals surface area contributed by atoms with Gasteiger partial charge in [-0.05, 0) is 63.7 Å². The summed E-state index contributed by atoms with van der Waals surface area (Å²) in [7, 11) is -7.22. The number of esters is 2.